The smallest absolute Gasteiger partial charge is 0.191 e. The molecule has 2 N–H and O–H groups in total. The lowest BCUT2D eigenvalue weighted by molar-refractivity contribution is 0.414. The number of benzene rings is 2. The molecule has 1 saturated heterocycles. The third-order valence-corrected chi connectivity index (χ3v) is 5.90. The molecule has 0 radical (unpaired) electrons. The highest BCUT2D eigenvalue weighted by molar-refractivity contribution is 14.0. The van der Waals surface area contributed by atoms with Gasteiger partial charge in [0, 0.05) is 56.4 Å². The number of guanidine groups is 1. The molecule has 1 fully saturated rings. The van der Waals surface area contributed by atoms with Crippen molar-refractivity contribution in [3.8, 4) is 5.75 Å². The fourth-order valence-corrected chi connectivity index (χ4v) is 4.22. The zero-order chi connectivity index (χ0) is 22.9. The van der Waals surface area contributed by atoms with Crippen molar-refractivity contribution in [2.45, 2.75) is 38.9 Å². The summed E-state index contributed by atoms with van der Waals surface area (Å²) in [4.78, 5) is 11.8. The maximum Gasteiger partial charge on any atom is 0.191 e. The highest BCUT2D eigenvalue weighted by Gasteiger charge is 2.21. The minimum absolute atomic E-state index is 0. The molecule has 2 heterocycles. The van der Waals surface area contributed by atoms with Crippen LogP contribution in [0.1, 0.15) is 31.2 Å². The first-order valence-electron chi connectivity index (χ1n) is 11.7. The van der Waals surface area contributed by atoms with Gasteiger partial charge < -0.3 is 24.8 Å². The molecule has 1 aliphatic rings. The monoisotopic (exact) mass is 574 g/mol. The van der Waals surface area contributed by atoms with E-state index in [0.717, 1.165) is 56.6 Å². The van der Waals surface area contributed by atoms with Gasteiger partial charge >= 0.3 is 0 Å². The lowest BCUT2D eigenvalue weighted by atomic mass is 10.0. The molecular formula is C26H35IN6O. The van der Waals surface area contributed by atoms with E-state index >= 15 is 0 Å². The largest absolute Gasteiger partial charge is 0.497 e. The number of rotatable bonds is 8. The Morgan fingerprint density at radius 2 is 2.03 bits per heavy atom. The van der Waals surface area contributed by atoms with Gasteiger partial charge in [-0.2, -0.15) is 0 Å². The van der Waals surface area contributed by atoms with Crippen molar-refractivity contribution in [2.75, 3.05) is 31.6 Å². The van der Waals surface area contributed by atoms with Crippen LogP contribution in [0.4, 0.5) is 5.69 Å². The van der Waals surface area contributed by atoms with Crippen LogP contribution in [0.15, 0.2) is 72.0 Å². The molecule has 1 atom stereocenters. The van der Waals surface area contributed by atoms with Crippen LogP contribution < -0.4 is 20.3 Å². The minimum atomic E-state index is 0. The van der Waals surface area contributed by atoms with Gasteiger partial charge in [-0.15, -0.1) is 24.0 Å². The van der Waals surface area contributed by atoms with Crippen molar-refractivity contribution in [2.24, 2.45) is 4.99 Å². The van der Waals surface area contributed by atoms with E-state index in [4.69, 9.17) is 9.73 Å². The lowest BCUT2D eigenvalue weighted by Crippen LogP contribution is -2.51. The van der Waals surface area contributed by atoms with Crippen LogP contribution in [0.2, 0.25) is 0 Å². The van der Waals surface area contributed by atoms with Crippen LogP contribution >= 0.6 is 24.0 Å². The number of hydrogen-bond donors (Lipinski definition) is 2. The lowest BCUT2D eigenvalue weighted by Gasteiger charge is -2.35. The molecule has 2 aromatic carbocycles. The number of aliphatic imine (C=N–C) groups is 1. The van der Waals surface area contributed by atoms with Crippen LogP contribution in [0.5, 0.6) is 5.75 Å². The maximum absolute atomic E-state index is 5.40. The molecule has 3 aromatic rings. The molecule has 0 amide bonds. The summed E-state index contributed by atoms with van der Waals surface area (Å²) in [6.07, 6.45) is 6.12. The quantitative estimate of drug-likeness (QED) is 0.239. The summed E-state index contributed by atoms with van der Waals surface area (Å²) < 4.78 is 7.56. The maximum atomic E-state index is 5.40. The second-order valence-electron chi connectivity index (χ2n) is 8.28. The summed E-state index contributed by atoms with van der Waals surface area (Å²) in [5.74, 6) is 2.69. The van der Waals surface area contributed by atoms with E-state index in [0.29, 0.717) is 12.6 Å². The normalized spacial score (nSPS) is 16.0. The van der Waals surface area contributed by atoms with Crippen LogP contribution in [0.25, 0.3) is 0 Å². The average Bonchev–Trinajstić information content (AvgIpc) is 3.30. The number of nitrogens with one attached hydrogen (secondary N) is 2. The SMILES string of the molecule is CCNC(=NCc1nccn1Cc1ccccc1)NC1CCCN(c2cccc(OC)c2)C1.I. The molecule has 1 unspecified atom stereocenters. The predicted molar refractivity (Wildman–Crippen MR) is 149 cm³/mol. The number of imidazole rings is 1. The molecule has 8 heteroatoms. The summed E-state index contributed by atoms with van der Waals surface area (Å²) in [5.41, 5.74) is 2.45. The first-order chi connectivity index (χ1) is 16.2. The number of methoxy groups -OCH3 is 1. The Balaban J connectivity index is 0.00000324. The molecular weight excluding hydrogens is 539 g/mol. The van der Waals surface area contributed by atoms with Crippen molar-refractivity contribution in [3.63, 3.8) is 0 Å². The average molecular weight is 575 g/mol. The third-order valence-electron chi connectivity index (χ3n) is 5.90. The Morgan fingerprint density at radius 3 is 2.82 bits per heavy atom. The third kappa shape index (κ3) is 7.12. The fourth-order valence-electron chi connectivity index (χ4n) is 4.22. The van der Waals surface area contributed by atoms with Gasteiger partial charge in [-0.05, 0) is 37.5 Å². The number of ether oxygens (including phenoxy) is 1. The van der Waals surface area contributed by atoms with Crippen LogP contribution in [-0.4, -0.2) is 48.3 Å². The summed E-state index contributed by atoms with van der Waals surface area (Å²) in [6.45, 7) is 6.22. The van der Waals surface area contributed by atoms with E-state index < -0.39 is 0 Å². The van der Waals surface area contributed by atoms with Gasteiger partial charge in [0.05, 0.1) is 7.11 Å². The van der Waals surface area contributed by atoms with Crippen LogP contribution in [0.3, 0.4) is 0 Å². The number of hydrogen-bond acceptors (Lipinski definition) is 4. The Labute approximate surface area is 219 Å². The molecule has 34 heavy (non-hydrogen) atoms. The Hall–Kier alpha value is -2.75. The molecule has 0 spiro atoms. The van der Waals surface area contributed by atoms with E-state index in [9.17, 15) is 0 Å². The summed E-state index contributed by atoms with van der Waals surface area (Å²) >= 11 is 0. The van der Waals surface area contributed by atoms with Crippen molar-refractivity contribution in [3.05, 3.63) is 78.4 Å². The highest BCUT2D eigenvalue weighted by atomic mass is 127. The number of anilines is 1. The molecule has 0 bridgehead atoms. The van der Waals surface area contributed by atoms with Gasteiger partial charge in [-0.25, -0.2) is 9.98 Å². The van der Waals surface area contributed by atoms with Gasteiger partial charge in [-0.1, -0.05) is 36.4 Å². The van der Waals surface area contributed by atoms with E-state index in [1.807, 2.05) is 30.6 Å². The van der Waals surface area contributed by atoms with Gasteiger partial charge in [0.25, 0.3) is 0 Å². The topological polar surface area (TPSA) is 66.7 Å². The van der Waals surface area contributed by atoms with Crippen LogP contribution in [-0.2, 0) is 13.1 Å². The Kier molecular flexibility index (Phi) is 10.1. The van der Waals surface area contributed by atoms with Crippen molar-refractivity contribution in [1.82, 2.24) is 20.2 Å². The van der Waals surface area contributed by atoms with Gasteiger partial charge in [-0.3, -0.25) is 0 Å². The van der Waals surface area contributed by atoms with E-state index in [1.165, 1.54) is 11.3 Å². The molecule has 4 rings (SSSR count). The van der Waals surface area contributed by atoms with Crippen molar-refractivity contribution < 1.29 is 4.74 Å². The number of nitrogens with zero attached hydrogens (tertiary/aromatic N) is 4. The number of piperidine rings is 1. The molecule has 182 valence electrons. The van der Waals surface area contributed by atoms with Gasteiger partial charge in [0.1, 0.15) is 18.1 Å². The van der Waals surface area contributed by atoms with Crippen molar-refractivity contribution >= 4 is 35.6 Å². The first kappa shape index (κ1) is 25.9. The summed E-state index contributed by atoms with van der Waals surface area (Å²) in [5, 5.41) is 7.04. The van der Waals surface area contributed by atoms with Crippen LogP contribution in [0, 0.1) is 0 Å². The molecule has 0 saturated carbocycles. The zero-order valence-corrected chi connectivity index (χ0v) is 22.3. The standard InChI is InChI=1S/C26H34N6O.HI/c1-3-27-26(29-18-25-28-14-16-32(25)19-21-9-5-4-6-10-21)30-22-11-8-15-31(20-22)23-12-7-13-24(17-23)33-2;/h4-7,9-10,12-14,16-17,22H,3,8,11,15,18-20H2,1-2H3,(H2,27,29,30);1H. The van der Waals surface area contributed by atoms with E-state index in [-0.39, 0.29) is 24.0 Å². The molecule has 7 nitrogen and oxygen atoms in total. The first-order valence-corrected chi connectivity index (χ1v) is 11.7. The van der Waals surface area contributed by atoms with Crippen molar-refractivity contribution in [1.29, 1.82) is 0 Å². The predicted octanol–water partition coefficient (Wildman–Crippen LogP) is 4.28. The number of aromatic nitrogens is 2. The molecule has 0 aliphatic carbocycles. The molecule has 1 aromatic heterocycles. The second kappa shape index (κ2) is 13.2. The zero-order valence-electron chi connectivity index (χ0n) is 20.0. The Morgan fingerprint density at radius 1 is 1.18 bits per heavy atom. The van der Waals surface area contributed by atoms with E-state index in [1.54, 1.807) is 7.11 Å². The number of halogens is 1. The molecule has 1 aliphatic heterocycles. The fraction of sp³-hybridized carbons (Fsp3) is 0.385. The summed E-state index contributed by atoms with van der Waals surface area (Å²) in [6, 6.07) is 19.1. The van der Waals surface area contributed by atoms with Gasteiger partial charge in [0.2, 0.25) is 0 Å². The highest BCUT2D eigenvalue weighted by Crippen LogP contribution is 2.24. The summed E-state index contributed by atoms with van der Waals surface area (Å²) in [7, 11) is 1.71. The minimum Gasteiger partial charge on any atom is -0.497 e. The Bertz CT molecular complexity index is 1040. The second-order valence-corrected chi connectivity index (χ2v) is 8.28. The van der Waals surface area contributed by atoms with E-state index in [2.05, 4.69) is 68.4 Å². The van der Waals surface area contributed by atoms with Gasteiger partial charge in [0.15, 0.2) is 5.96 Å².